The molecule has 0 aromatic heterocycles. The normalized spacial score (nSPS) is 19.4. The number of ether oxygens (including phenoxy) is 1. The lowest BCUT2D eigenvalue weighted by Crippen LogP contribution is -2.28. The highest BCUT2D eigenvalue weighted by atomic mass is 32.2. The quantitative estimate of drug-likeness (QED) is 0.811. The molecule has 1 aromatic rings. The Hall–Kier alpha value is -1.11. The standard InChI is InChI=1S/C14H22N2O3S/c1-10-5-6-11(2)14(13(10)15)20(17,18)16-8-7-12-4-3-9-19-12/h5-6,12,16H,3-4,7-9,15H2,1-2H3. The van der Waals surface area contributed by atoms with Gasteiger partial charge in [0, 0.05) is 13.2 Å². The maximum atomic E-state index is 12.4. The molecule has 1 fully saturated rings. The van der Waals surface area contributed by atoms with Gasteiger partial charge in [-0.05, 0) is 44.2 Å². The molecule has 5 nitrogen and oxygen atoms in total. The minimum Gasteiger partial charge on any atom is -0.397 e. The smallest absolute Gasteiger partial charge is 0.242 e. The zero-order valence-electron chi connectivity index (χ0n) is 12.0. The summed E-state index contributed by atoms with van der Waals surface area (Å²) in [6, 6.07) is 3.61. The van der Waals surface area contributed by atoms with Crippen LogP contribution in [-0.2, 0) is 14.8 Å². The van der Waals surface area contributed by atoms with E-state index in [0.717, 1.165) is 25.0 Å². The molecule has 1 atom stereocenters. The third-order valence-electron chi connectivity index (χ3n) is 3.66. The number of rotatable bonds is 5. The number of benzene rings is 1. The van der Waals surface area contributed by atoms with E-state index in [2.05, 4.69) is 4.72 Å². The molecular weight excluding hydrogens is 276 g/mol. The van der Waals surface area contributed by atoms with E-state index in [-0.39, 0.29) is 11.0 Å². The Bertz CT molecular complexity index is 578. The highest BCUT2D eigenvalue weighted by molar-refractivity contribution is 7.89. The maximum Gasteiger partial charge on any atom is 0.242 e. The number of anilines is 1. The first-order valence-corrected chi connectivity index (χ1v) is 8.37. The fourth-order valence-corrected chi connectivity index (χ4v) is 3.94. The van der Waals surface area contributed by atoms with Gasteiger partial charge in [-0.2, -0.15) is 0 Å². The van der Waals surface area contributed by atoms with Crippen LogP contribution in [0, 0.1) is 13.8 Å². The Labute approximate surface area is 120 Å². The second-order valence-corrected chi connectivity index (χ2v) is 6.97. The van der Waals surface area contributed by atoms with Crippen molar-refractivity contribution in [1.29, 1.82) is 0 Å². The predicted molar refractivity (Wildman–Crippen MR) is 79.1 cm³/mol. The molecule has 1 aliphatic heterocycles. The zero-order valence-corrected chi connectivity index (χ0v) is 12.8. The lowest BCUT2D eigenvalue weighted by Gasteiger charge is -2.14. The number of sulfonamides is 1. The first kappa shape index (κ1) is 15.3. The summed E-state index contributed by atoms with van der Waals surface area (Å²) in [5, 5.41) is 0. The van der Waals surface area contributed by atoms with Gasteiger partial charge >= 0.3 is 0 Å². The molecule has 1 heterocycles. The SMILES string of the molecule is Cc1ccc(C)c(S(=O)(=O)NCCC2CCCO2)c1N. The molecular formula is C14H22N2O3S. The van der Waals surface area contributed by atoms with Crippen molar-refractivity contribution < 1.29 is 13.2 Å². The van der Waals surface area contributed by atoms with E-state index in [1.807, 2.05) is 6.07 Å². The van der Waals surface area contributed by atoms with Gasteiger partial charge in [-0.15, -0.1) is 0 Å². The van der Waals surface area contributed by atoms with Gasteiger partial charge in [-0.3, -0.25) is 0 Å². The summed E-state index contributed by atoms with van der Waals surface area (Å²) in [6.07, 6.45) is 2.94. The molecule has 112 valence electrons. The predicted octanol–water partition coefficient (Wildman–Crippen LogP) is 1.73. The molecule has 0 saturated carbocycles. The van der Waals surface area contributed by atoms with Gasteiger partial charge in [0.25, 0.3) is 0 Å². The summed E-state index contributed by atoms with van der Waals surface area (Å²) in [7, 11) is -3.57. The molecule has 1 aliphatic rings. The second-order valence-electron chi connectivity index (χ2n) is 5.26. The van der Waals surface area contributed by atoms with Crippen molar-refractivity contribution in [2.45, 2.75) is 44.1 Å². The molecule has 0 amide bonds. The Morgan fingerprint density at radius 3 is 2.70 bits per heavy atom. The molecule has 0 aliphatic carbocycles. The van der Waals surface area contributed by atoms with E-state index in [1.54, 1.807) is 19.9 Å². The van der Waals surface area contributed by atoms with Gasteiger partial charge in [0.05, 0.1) is 11.8 Å². The number of nitrogens with two attached hydrogens (primary N) is 1. The molecule has 0 bridgehead atoms. The van der Waals surface area contributed by atoms with Crippen LogP contribution in [0.4, 0.5) is 5.69 Å². The number of hydrogen-bond donors (Lipinski definition) is 2. The first-order chi connectivity index (χ1) is 9.42. The van der Waals surface area contributed by atoms with Gasteiger partial charge in [-0.1, -0.05) is 12.1 Å². The monoisotopic (exact) mass is 298 g/mol. The number of nitrogen functional groups attached to an aromatic ring is 1. The fraction of sp³-hybridized carbons (Fsp3) is 0.571. The Morgan fingerprint density at radius 2 is 2.05 bits per heavy atom. The van der Waals surface area contributed by atoms with Crippen molar-refractivity contribution in [3.63, 3.8) is 0 Å². The summed E-state index contributed by atoms with van der Waals surface area (Å²) >= 11 is 0. The highest BCUT2D eigenvalue weighted by Crippen LogP contribution is 2.25. The molecule has 1 aromatic carbocycles. The van der Waals surface area contributed by atoms with Crippen molar-refractivity contribution in [1.82, 2.24) is 4.72 Å². The van der Waals surface area contributed by atoms with E-state index in [0.29, 0.717) is 24.2 Å². The Kier molecular flexibility index (Phi) is 4.67. The molecule has 20 heavy (non-hydrogen) atoms. The molecule has 1 unspecified atom stereocenters. The average Bonchev–Trinajstić information content (AvgIpc) is 2.87. The van der Waals surface area contributed by atoms with E-state index in [1.165, 1.54) is 0 Å². The minimum atomic E-state index is -3.57. The third-order valence-corrected chi connectivity index (χ3v) is 5.33. The largest absolute Gasteiger partial charge is 0.397 e. The van der Waals surface area contributed by atoms with Crippen LogP contribution in [0.2, 0.25) is 0 Å². The van der Waals surface area contributed by atoms with Crippen LogP contribution in [0.25, 0.3) is 0 Å². The number of hydrogen-bond acceptors (Lipinski definition) is 4. The van der Waals surface area contributed by atoms with Crippen LogP contribution in [-0.4, -0.2) is 27.7 Å². The summed E-state index contributed by atoms with van der Waals surface area (Å²) in [5.74, 6) is 0. The van der Waals surface area contributed by atoms with E-state index >= 15 is 0 Å². The second kappa shape index (κ2) is 6.11. The van der Waals surface area contributed by atoms with Crippen molar-refractivity contribution in [2.24, 2.45) is 0 Å². The van der Waals surface area contributed by atoms with Crippen LogP contribution >= 0.6 is 0 Å². The van der Waals surface area contributed by atoms with Crippen molar-refractivity contribution in [2.75, 3.05) is 18.9 Å². The molecule has 2 rings (SSSR count). The third kappa shape index (κ3) is 3.31. The Morgan fingerprint density at radius 1 is 1.35 bits per heavy atom. The highest BCUT2D eigenvalue weighted by Gasteiger charge is 2.22. The van der Waals surface area contributed by atoms with Crippen LogP contribution in [0.15, 0.2) is 17.0 Å². The molecule has 3 N–H and O–H groups in total. The molecule has 0 radical (unpaired) electrons. The van der Waals surface area contributed by atoms with Crippen LogP contribution in [0.5, 0.6) is 0 Å². The molecule has 6 heteroatoms. The van der Waals surface area contributed by atoms with Crippen LogP contribution in [0.1, 0.15) is 30.4 Å². The summed E-state index contributed by atoms with van der Waals surface area (Å²) in [5.41, 5.74) is 7.69. The van der Waals surface area contributed by atoms with E-state index in [4.69, 9.17) is 10.5 Å². The number of nitrogens with one attached hydrogen (secondary N) is 1. The topological polar surface area (TPSA) is 81.4 Å². The van der Waals surface area contributed by atoms with Gasteiger partial charge in [0.1, 0.15) is 4.90 Å². The lowest BCUT2D eigenvalue weighted by atomic mass is 10.1. The van der Waals surface area contributed by atoms with Crippen molar-refractivity contribution in [3.8, 4) is 0 Å². The fourth-order valence-electron chi connectivity index (χ4n) is 2.46. The Balaban J connectivity index is 2.08. The molecule has 1 saturated heterocycles. The summed E-state index contributed by atoms with van der Waals surface area (Å²) in [4.78, 5) is 0.199. The minimum absolute atomic E-state index is 0.175. The first-order valence-electron chi connectivity index (χ1n) is 6.89. The van der Waals surface area contributed by atoms with E-state index < -0.39 is 10.0 Å². The van der Waals surface area contributed by atoms with E-state index in [9.17, 15) is 8.42 Å². The van der Waals surface area contributed by atoms with Gasteiger partial charge in [0.15, 0.2) is 0 Å². The zero-order chi connectivity index (χ0) is 14.8. The van der Waals surface area contributed by atoms with Crippen molar-refractivity contribution in [3.05, 3.63) is 23.3 Å². The number of aryl methyl sites for hydroxylation is 2. The van der Waals surface area contributed by atoms with Gasteiger partial charge in [-0.25, -0.2) is 13.1 Å². The van der Waals surface area contributed by atoms with Crippen LogP contribution < -0.4 is 10.5 Å². The average molecular weight is 298 g/mol. The van der Waals surface area contributed by atoms with Gasteiger partial charge < -0.3 is 10.5 Å². The van der Waals surface area contributed by atoms with Crippen molar-refractivity contribution >= 4 is 15.7 Å². The maximum absolute atomic E-state index is 12.4. The summed E-state index contributed by atoms with van der Waals surface area (Å²) < 4.78 is 32.8. The van der Waals surface area contributed by atoms with Gasteiger partial charge in [0.2, 0.25) is 10.0 Å². The summed E-state index contributed by atoms with van der Waals surface area (Å²) in [6.45, 7) is 4.71. The molecule has 0 spiro atoms. The lowest BCUT2D eigenvalue weighted by molar-refractivity contribution is 0.105. The van der Waals surface area contributed by atoms with Crippen LogP contribution in [0.3, 0.4) is 0 Å².